The highest BCUT2D eigenvalue weighted by Crippen LogP contribution is 2.28. The van der Waals surface area contributed by atoms with Crippen LogP contribution in [0.3, 0.4) is 0 Å². The van der Waals surface area contributed by atoms with E-state index >= 15 is 0 Å². The van der Waals surface area contributed by atoms with E-state index in [4.69, 9.17) is 11.6 Å². The summed E-state index contributed by atoms with van der Waals surface area (Å²) in [6.45, 7) is 3.96. The number of nitrogens with zero attached hydrogens (tertiary/aromatic N) is 1. The fourth-order valence-corrected chi connectivity index (χ4v) is 5.15. The first-order chi connectivity index (χ1) is 12.2. The fourth-order valence-electron chi connectivity index (χ4n) is 2.47. The summed E-state index contributed by atoms with van der Waals surface area (Å²) >= 11 is 7.59. The predicted molar refractivity (Wildman–Crippen MR) is 114 cm³/mol. The molecular weight excluding hydrogens is 386 g/mol. The van der Waals surface area contributed by atoms with Gasteiger partial charge in [-0.1, -0.05) is 29.8 Å². The standard InChI is InChI=1S/C20H24ClNO2S2/c1-20(2,26(4,24)18-12-10-16(21)11-13-18)19(23)22(3)14-15-25-17-8-6-5-7-9-17/h5-13H,4,14-15H2,1-3H3. The van der Waals surface area contributed by atoms with E-state index in [1.807, 2.05) is 30.3 Å². The lowest BCUT2D eigenvalue weighted by Crippen LogP contribution is -2.49. The first-order valence-electron chi connectivity index (χ1n) is 8.22. The number of amides is 1. The van der Waals surface area contributed by atoms with Gasteiger partial charge >= 0.3 is 0 Å². The third-order valence-electron chi connectivity index (χ3n) is 4.32. The molecule has 0 aliphatic carbocycles. The Morgan fingerprint density at radius 2 is 1.73 bits per heavy atom. The predicted octanol–water partition coefficient (Wildman–Crippen LogP) is 4.44. The molecule has 0 bridgehead atoms. The molecule has 0 N–H and O–H groups in total. The second kappa shape index (κ2) is 8.51. The van der Waals surface area contributed by atoms with Gasteiger partial charge < -0.3 is 4.90 Å². The Morgan fingerprint density at radius 1 is 1.15 bits per heavy atom. The van der Waals surface area contributed by atoms with Crippen LogP contribution >= 0.6 is 23.4 Å². The molecule has 26 heavy (non-hydrogen) atoms. The van der Waals surface area contributed by atoms with Gasteiger partial charge in [0.25, 0.3) is 0 Å². The van der Waals surface area contributed by atoms with E-state index in [0.717, 1.165) is 10.6 Å². The highest BCUT2D eigenvalue weighted by atomic mass is 35.5. The molecule has 0 aliphatic rings. The van der Waals surface area contributed by atoms with Crippen molar-refractivity contribution in [3.05, 3.63) is 59.6 Å². The van der Waals surface area contributed by atoms with E-state index in [1.54, 1.807) is 61.8 Å². The van der Waals surface area contributed by atoms with Gasteiger partial charge in [-0.25, -0.2) is 0 Å². The van der Waals surface area contributed by atoms with Crippen LogP contribution in [-0.4, -0.2) is 45.0 Å². The molecule has 0 saturated heterocycles. The van der Waals surface area contributed by atoms with Gasteiger partial charge in [-0.3, -0.25) is 9.00 Å². The Bertz CT molecular complexity index is 847. The summed E-state index contributed by atoms with van der Waals surface area (Å²) < 4.78 is 12.2. The van der Waals surface area contributed by atoms with Crippen molar-refractivity contribution in [2.75, 3.05) is 19.3 Å². The van der Waals surface area contributed by atoms with Crippen LogP contribution in [0.5, 0.6) is 0 Å². The SMILES string of the molecule is C=S(=O)(c1ccc(Cl)cc1)C(C)(C)C(=O)N(C)CCSc1ccccc1. The number of hydrogen-bond acceptors (Lipinski definition) is 3. The number of carbonyl (C=O) groups is 1. The van der Waals surface area contributed by atoms with Crippen molar-refractivity contribution >= 4 is 44.7 Å². The molecule has 6 heteroatoms. The molecule has 0 radical (unpaired) electrons. The van der Waals surface area contributed by atoms with Gasteiger partial charge in [0.05, 0.1) is 0 Å². The topological polar surface area (TPSA) is 37.4 Å². The molecular formula is C20H24ClNO2S2. The first-order valence-corrected chi connectivity index (χ1v) is 11.3. The number of thioether (sulfide) groups is 1. The smallest absolute Gasteiger partial charge is 0.240 e. The number of rotatable bonds is 7. The molecule has 2 rings (SSSR count). The van der Waals surface area contributed by atoms with Crippen LogP contribution in [0.2, 0.25) is 5.02 Å². The molecule has 3 nitrogen and oxygen atoms in total. The molecule has 140 valence electrons. The van der Waals surface area contributed by atoms with Gasteiger partial charge in [-0.2, -0.15) is 0 Å². The average molecular weight is 410 g/mol. The maximum absolute atomic E-state index is 13.4. The van der Waals surface area contributed by atoms with Gasteiger partial charge in [-0.05, 0) is 56.1 Å². The van der Waals surface area contributed by atoms with Gasteiger partial charge in [-0.15, -0.1) is 11.8 Å². The maximum atomic E-state index is 13.4. The van der Waals surface area contributed by atoms with Crippen LogP contribution in [0, 0.1) is 0 Å². The molecule has 0 fully saturated rings. The summed E-state index contributed by atoms with van der Waals surface area (Å²) in [4.78, 5) is 16.3. The average Bonchev–Trinajstić information content (AvgIpc) is 2.62. The first kappa shape index (κ1) is 20.9. The molecule has 0 spiro atoms. The summed E-state index contributed by atoms with van der Waals surface area (Å²) in [7, 11) is -1.09. The Labute approximate surface area is 165 Å². The zero-order valence-corrected chi connectivity index (χ0v) is 17.7. The summed E-state index contributed by atoms with van der Waals surface area (Å²) in [5.41, 5.74) is 0. The van der Waals surface area contributed by atoms with Crippen LogP contribution < -0.4 is 0 Å². The van der Waals surface area contributed by atoms with Crippen molar-refractivity contribution in [3.63, 3.8) is 0 Å². The minimum Gasteiger partial charge on any atom is -0.344 e. The van der Waals surface area contributed by atoms with Crippen LogP contribution in [0.15, 0.2) is 64.4 Å². The number of carbonyl (C=O) groups excluding carboxylic acids is 1. The lowest BCUT2D eigenvalue weighted by atomic mass is 10.2. The third-order valence-corrected chi connectivity index (χ3v) is 8.42. The molecule has 0 saturated carbocycles. The molecule has 1 atom stereocenters. The molecule has 1 unspecified atom stereocenters. The number of benzene rings is 2. The van der Waals surface area contributed by atoms with E-state index in [2.05, 4.69) is 5.87 Å². The number of hydrogen-bond donors (Lipinski definition) is 0. The molecule has 0 aliphatic heterocycles. The van der Waals surface area contributed by atoms with E-state index in [0.29, 0.717) is 16.5 Å². The largest absolute Gasteiger partial charge is 0.344 e. The van der Waals surface area contributed by atoms with E-state index in [9.17, 15) is 9.00 Å². The summed E-state index contributed by atoms with van der Waals surface area (Å²) in [5, 5.41) is 0.558. The molecule has 2 aromatic rings. The molecule has 2 aromatic carbocycles. The van der Waals surface area contributed by atoms with Crippen molar-refractivity contribution in [1.82, 2.24) is 4.90 Å². The number of halogens is 1. The second-order valence-electron chi connectivity index (χ2n) is 6.53. The normalized spacial score (nSPS) is 13.8. The highest BCUT2D eigenvalue weighted by Gasteiger charge is 2.39. The van der Waals surface area contributed by atoms with E-state index < -0.39 is 14.3 Å². The quantitative estimate of drug-likeness (QED) is 0.501. The minimum absolute atomic E-state index is 0.180. The molecule has 0 heterocycles. The molecule has 1 amide bonds. The Hall–Kier alpha value is -1.43. The van der Waals surface area contributed by atoms with E-state index in [1.165, 1.54) is 0 Å². The van der Waals surface area contributed by atoms with Crippen molar-refractivity contribution in [2.45, 2.75) is 28.4 Å². The minimum atomic E-state index is -2.83. The van der Waals surface area contributed by atoms with E-state index in [-0.39, 0.29) is 5.91 Å². The van der Waals surface area contributed by atoms with Crippen molar-refractivity contribution < 1.29 is 9.00 Å². The van der Waals surface area contributed by atoms with Crippen molar-refractivity contribution in [3.8, 4) is 0 Å². The van der Waals surface area contributed by atoms with Crippen LogP contribution in [0.4, 0.5) is 0 Å². The van der Waals surface area contributed by atoms with Gasteiger partial charge in [0, 0.05) is 43.7 Å². The van der Waals surface area contributed by atoms with Crippen LogP contribution in [-0.2, 0) is 14.3 Å². The summed E-state index contributed by atoms with van der Waals surface area (Å²) in [6.07, 6.45) is 0. The Kier molecular flexibility index (Phi) is 6.83. The zero-order chi connectivity index (χ0) is 19.4. The summed E-state index contributed by atoms with van der Waals surface area (Å²) in [6, 6.07) is 16.7. The lowest BCUT2D eigenvalue weighted by molar-refractivity contribution is -0.131. The van der Waals surface area contributed by atoms with Crippen molar-refractivity contribution in [1.29, 1.82) is 0 Å². The second-order valence-corrected chi connectivity index (χ2v) is 11.0. The third kappa shape index (κ3) is 4.64. The summed E-state index contributed by atoms with van der Waals surface area (Å²) in [5.74, 6) is 4.49. The highest BCUT2D eigenvalue weighted by molar-refractivity contribution is 8.02. The fraction of sp³-hybridized carbons (Fsp3) is 0.300. The molecule has 0 aromatic heterocycles. The Balaban J connectivity index is 2.06. The van der Waals surface area contributed by atoms with Gasteiger partial charge in [0.1, 0.15) is 4.75 Å². The zero-order valence-electron chi connectivity index (χ0n) is 15.3. The Morgan fingerprint density at radius 3 is 2.31 bits per heavy atom. The van der Waals surface area contributed by atoms with Crippen LogP contribution in [0.25, 0.3) is 0 Å². The van der Waals surface area contributed by atoms with Crippen LogP contribution in [0.1, 0.15) is 13.8 Å². The monoisotopic (exact) mass is 409 g/mol. The van der Waals surface area contributed by atoms with Gasteiger partial charge in [0.2, 0.25) is 5.91 Å². The maximum Gasteiger partial charge on any atom is 0.240 e. The lowest BCUT2D eigenvalue weighted by Gasteiger charge is -2.32. The van der Waals surface area contributed by atoms with Crippen molar-refractivity contribution in [2.24, 2.45) is 0 Å². The van der Waals surface area contributed by atoms with Gasteiger partial charge in [0.15, 0.2) is 0 Å².